The van der Waals surface area contributed by atoms with Gasteiger partial charge in [0, 0.05) is 17.0 Å². The third-order valence-electron chi connectivity index (χ3n) is 3.42. The van der Waals surface area contributed by atoms with Gasteiger partial charge in [0.15, 0.2) is 0 Å². The van der Waals surface area contributed by atoms with Crippen LogP contribution in [0.3, 0.4) is 0 Å². The number of carbonyl (C=O) groups excluding carboxylic acids is 1. The number of rotatable bonds is 3. The van der Waals surface area contributed by atoms with Crippen LogP contribution >= 0.6 is 11.3 Å². The second-order valence-corrected chi connectivity index (χ2v) is 5.92. The van der Waals surface area contributed by atoms with E-state index in [-0.39, 0.29) is 11.8 Å². The lowest BCUT2D eigenvalue weighted by molar-refractivity contribution is -0.122. The predicted molar refractivity (Wildman–Crippen MR) is 72.6 cm³/mol. The molecule has 0 aromatic carbocycles. The van der Waals surface area contributed by atoms with Gasteiger partial charge in [-0.2, -0.15) is 5.10 Å². The van der Waals surface area contributed by atoms with Gasteiger partial charge in [-0.15, -0.1) is 11.3 Å². The molecule has 1 aliphatic carbocycles. The lowest BCUT2D eigenvalue weighted by atomic mass is 9.85. The van der Waals surface area contributed by atoms with E-state index in [4.69, 9.17) is 0 Å². The molecule has 1 saturated carbocycles. The molecular weight excluding hydrogens is 246 g/mol. The number of aromatic amines is 1. The summed E-state index contributed by atoms with van der Waals surface area (Å²) in [6.07, 6.45) is 4.97. The SMILES string of the molecule is Cc1sc(-c2ccn[nH]2)cc1NC(=O)C1CCC1. The van der Waals surface area contributed by atoms with Gasteiger partial charge in [-0.25, -0.2) is 0 Å². The van der Waals surface area contributed by atoms with Crippen molar-refractivity contribution in [2.45, 2.75) is 26.2 Å². The summed E-state index contributed by atoms with van der Waals surface area (Å²) in [5.74, 6) is 0.387. The van der Waals surface area contributed by atoms with Gasteiger partial charge >= 0.3 is 0 Å². The van der Waals surface area contributed by atoms with Crippen molar-refractivity contribution in [1.29, 1.82) is 0 Å². The van der Waals surface area contributed by atoms with Gasteiger partial charge in [-0.05, 0) is 31.9 Å². The van der Waals surface area contributed by atoms with Gasteiger partial charge in [0.25, 0.3) is 0 Å². The quantitative estimate of drug-likeness (QED) is 0.891. The number of aryl methyl sites for hydroxylation is 1. The first kappa shape index (κ1) is 11.5. The first-order valence-electron chi connectivity index (χ1n) is 6.15. The Morgan fingerprint density at radius 1 is 1.56 bits per heavy atom. The minimum Gasteiger partial charge on any atom is -0.325 e. The van der Waals surface area contributed by atoms with E-state index in [0.717, 1.165) is 34.0 Å². The number of carbonyl (C=O) groups is 1. The van der Waals surface area contributed by atoms with Crippen molar-refractivity contribution in [3.8, 4) is 10.6 Å². The standard InChI is InChI=1S/C13H15N3OS/c1-8-11(15-13(17)9-3-2-4-9)7-12(18-8)10-5-6-14-16-10/h5-7,9H,2-4H2,1H3,(H,14,16)(H,15,17). The molecule has 2 heterocycles. The first-order chi connectivity index (χ1) is 8.74. The zero-order valence-corrected chi connectivity index (χ0v) is 11.0. The van der Waals surface area contributed by atoms with Crippen LogP contribution in [-0.2, 0) is 4.79 Å². The Morgan fingerprint density at radius 3 is 3.00 bits per heavy atom. The molecule has 5 heteroatoms. The fourth-order valence-corrected chi connectivity index (χ4v) is 2.99. The van der Waals surface area contributed by atoms with Crippen LogP contribution in [0.4, 0.5) is 5.69 Å². The second-order valence-electron chi connectivity index (χ2n) is 4.67. The number of anilines is 1. The van der Waals surface area contributed by atoms with E-state index in [1.54, 1.807) is 17.5 Å². The zero-order chi connectivity index (χ0) is 12.5. The van der Waals surface area contributed by atoms with Crippen LogP contribution in [0, 0.1) is 12.8 Å². The van der Waals surface area contributed by atoms with Crippen molar-refractivity contribution >= 4 is 22.9 Å². The number of aromatic nitrogens is 2. The maximum Gasteiger partial charge on any atom is 0.227 e. The molecule has 1 amide bonds. The third kappa shape index (κ3) is 2.06. The van der Waals surface area contributed by atoms with Crippen molar-refractivity contribution < 1.29 is 4.79 Å². The second kappa shape index (κ2) is 4.57. The Bertz CT molecular complexity index is 555. The predicted octanol–water partition coefficient (Wildman–Crippen LogP) is 3.19. The Kier molecular flexibility index (Phi) is 2.91. The van der Waals surface area contributed by atoms with E-state index in [9.17, 15) is 4.79 Å². The smallest absolute Gasteiger partial charge is 0.227 e. The first-order valence-corrected chi connectivity index (χ1v) is 6.97. The molecule has 3 rings (SSSR count). The number of H-pyrrole nitrogens is 1. The average Bonchev–Trinajstić information content (AvgIpc) is 2.86. The maximum absolute atomic E-state index is 11.9. The summed E-state index contributed by atoms with van der Waals surface area (Å²) >= 11 is 1.67. The highest BCUT2D eigenvalue weighted by atomic mass is 32.1. The highest BCUT2D eigenvalue weighted by Gasteiger charge is 2.25. The number of nitrogens with zero attached hydrogens (tertiary/aromatic N) is 1. The number of hydrogen-bond donors (Lipinski definition) is 2. The molecule has 1 fully saturated rings. The molecular formula is C13H15N3OS. The molecule has 2 aromatic rings. The normalized spacial score (nSPS) is 15.4. The van der Waals surface area contributed by atoms with Crippen molar-refractivity contribution in [2.24, 2.45) is 5.92 Å². The van der Waals surface area contributed by atoms with E-state index in [0.29, 0.717) is 0 Å². The summed E-state index contributed by atoms with van der Waals surface area (Å²) < 4.78 is 0. The van der Waals surface area contributed by atoms with E-state index in [1.165, 1.54) is 6.42 Å². The lowest BCUT2D eigenvalue weighted by Gasteiger charge is -2.23. The zero-order valence-electron chi connectivity index (χ0n) is 10.2. The summed E-state index contributed by atoms with van der Waals surface area (Å²) in [7, 11) is 0. The van der Waals surface area contributed by atoms with Gasteiger partial charge in [0.2, 0.25) is 5.91 Å². The molecule has 1 aliphatic rings. The Morgan fingerprint density at radius 2 is 2.39 bits per heavy atom. The molecule has 18 heavy (non-hydrogen) atoms. The summed E-state index contributed by atoms with van der Waals surface area (Å²) in [6.45, 7) is 2.03. The van der Waals surface area contributed by atoms with Crippen LogP contribution in [0.2, 0.25) is 0 Å². The Labute approximate surface area is 109 Å². The number of thiophene rings is 1. The molecule has 0 atom stereocenters. The molecule has 2 aromatic heterocycles. The summed E-state index contributed by atoms with van der Waals surface area (Å²) in [4.78, 5) is 14.2. The molecule has 2 N–H and O–H groups in total. The van der Waals surface area contributed by atoms with Crippen LogP contribution in [0.25, 0.3) is 10.6 Å². The van der Waals surface area contributed by atoms with E-state index >= 15 is 0 Å². The monoisotopic (exact) mass is 261 g/mol. The van der Waals surface area contributed by atoms with Gasteiger partial charge < -0.3 is 5.32 Å². The van der Waals surface area contributed by atoms with E-state index in [1.807, 2.05) is 19.1 Å². The molecule has 0 bridgehead atoms. The van der Waals surface area contributed by atoms with Crippen LogP contribution < -0.4 is 5.32 Å². The molecule has 94 valence electrons. The Balaban J connectivity index is 1.78. The fraction of sp³-hybridized carbons (Fsp3) is 0.385. The van der Waals surface area contributed by atoms with Gasteiger partial charge in [0.1, 0.15) is 0 Å². The molecule has 4 nitrogen and oxygen atoms in total. The van der Waals surface area contributed by atoms with Crippen LogP contribution in [0.1, 0.15) is 24.1 Å². The summed E-state index contributed by atoms with van der Waals surface area (Å²) in [5, 5.41) is 9.92. The number of hydrogen-bond acceptors (Lipinski definition) is 3. The Hall–Kier alpha value is -1.62. The summed E-state index contributed by atoms with van der Waals surface area (Å²) in [6, 6.07) is 3.95. The topological polar surface area (TPSA) is 57.8 Å². The van der Waals surface area contributed by atoms with E-state index < -0.39 is 0 Å². The van der Waals surface area contributed by atoms with Gasteiger partial charge in [-0.3, -0.25) is 9.89 Å². The fourth-order valence-electron chi connectivity index (χ4n) is 2.04. The molecule has 0 aliphatic heterocycles. The summed E-state index contributed by atoms with van der Waals surface area (Å²) in [5.41, 5.74) is 1.92. The van der Waals surface area contributed by atoms with Crippen molar-refractivity contribution in [1.82, 2.24) is 10.2 Å². The maximum atomic E-state index is 11.9. The number of nitrogens with one attached hydrogen (secondary N) is 2. The van der Waals surface area contributed by atoms with Gasteiger partial charge in [-0.1, -0.05) is 6.42 Å². The largest absolute Gasteiger partial charge is 0.325 e. The van der Waals surface area contributed by atoms with Crippen molar-refractivity contribution in [3.63, 3.8) is 0 Å². The molecule has 0 unspecified atom stereocenters. The van der Waals surface area contributed by atoms with Crippen LogP contribution in [0.15, 0.2) is 18.3 Å². The highest BCUT2D eigenvalue weighted by Crippen LogP contribution is 2.34. The highest BCUT2D eigenvalue weighted by molar-refractivity contribution is 7.16. The van der Waals surface area contributed by atoms with E-state index in [2.05, 4.69) is 15.5 Å². The lowest BCUT2D eigenvalue weighted by Crippen LogP contribution is -2.28. The van der Waals surface area contributed by atoms with Crippen molar-refractivity contribution in [2.75, 3.05) is 5.32 Å². The average molecular weight is 261 g/mol. The number of amides is 1. The molecule has 0 spiro atoms. The van der Waals surface area contributed by atoms with Gasteiger partial charge in [0.05, 0.1) is 16.3 Å². The minimum atomic E-state index is 0.165. The molecule has 0 saturated heterocycles. The minimum absolute atomic E-state index is 0.165. The van der Waals surface area contributed by atoms with Crippen LogP contribution in [0.5, 0.6) is 0 Å². The third-order valence-corrected chi connectivity index (χ3v) is 4.50. The van der Waals surface area contributed by atoms with Crippen molar-refractivity contribution in [3.05, 3.63) is 23.2 Å². The van der Waals surface area contributed by atoms with Crippen LogP contribution in [-0.4, -0.2) is 16.1 Å². The molecule has 0 radical (unpaired) electrons.